The molecule has 2 aromatic rings. The maximum absolute atomic E-state index is 12.8. The summed E-state index contributed by atoms with van der Waals surface area (Å²) in [5.41, 5.74) is 1.63. The van der Waals surface area contributed by atoms with Crippen LogP contribution in [0.3, 0.4) is 0 Å². The van der Waals surface area contributed by atoms with Gasteiger partial charge in [-0.3, -0.25) is 4.79 Å². The van der Waals surface area contributed by atoms with Gasteiger partial charge in [0, 0.05) is 23.7 Å². The van der Waals surface area contributed by atoms with Crippen molar-refractivity contribution in [3.63, 3.8) is 0 Å². The van der Waals surface area contributed by atoms with Crippen LogP contribution in [0.2, 0.25) is 5.02 Å². The fourth-order valence-electron chi connectivity index (χ4n) is 3.32. The Kier molecular flexibility index (Phi) is 6.58. The summed E-state index contributed by atoms with van der Waals surface area (Å²) in [5.74, 6) is 1.72. The third-order valence-electron chi connectivity index (χ3n) is 4.78. The standard InChI is InChI=1S/C21H25ClN2O3/c1-23-12-16-9-10-24(13-16)21(25)17-5-8-19(20(11-17)26-2)27-14-15-3-6-18(22)7-4-15/h3-8,11,16,23H,9-10,12-14H2,1-2H3. The first kappa shape index (κ1) is 19.5. The van der Waals surface area contributed by atoms with E-state index >= 15 is 0 Å². The monoisotopic (exact) mass is 388 g/mol. The molecular formula is C21H25ClN2O3. The zero-order chi connectivity index (χ0) is 19.2. The molecule has 0 radical (unpaired) electrons. The van der Waals surface area contributed by atoms with Crippen LogP contribution in [0.15, 0.2) is 42.5 Å². The Morgan fingerprint density at radius 3 is 2.70 bits per heavy atom. The van der Waals surface area contributed by atoms with Crippen LogP contribution < -0.4 is 14.8 Å². The van der Waals surface area contributed by atoms with Crippen molar-refractivity contribution in [1.82, 2.24) is 10.2 Å². The summed E-state index contributed by atoms with van der Waals surface area (Å²) in [6, 6.07) is 12.8. The van der Waals surface area contributed by atoms with Gasteiger partial charge < -0.3 is 19.7 Å². The highest BCUT2D eigenvalue weighted by Crippen LogP contribution is 2.30. The van der Waals surface area contributed by atoms with E-state index in [0.717, 1.165) is 31.6 Å². The third kappa shape index (κ3) is 4.93. The molecule has 0 aliphatic carbocycles. The van der Waals surface area contributed by atoms with Crippen LogP contribution >= 0.6 is 11.6 Å². The number of halogens is 1. The lowest BCUT2D eigenvalue weighted by atomic mass is 10.1. The second-order valence-electron chi connectivity index (χ2n) is 6.74. The molecule has 1 aliphatic heterocycles. The molecule has 144 valence electrons. The molecule has 0 saturated carbocycles. The van der Waals surface area contributed by atoms with Crippen LogP contribution in [0, 0.1) is 5.92 Å². The Labute approximate surface area is 165 Å². The fraction of sp³-hybridized carbons (Fsp3) is 0.381. The second-order valence-corrected chi connectivity index (χ2v) is 7.18. The van der Waals surface area contributed by atoms with E-state index in [1.807, 2.05) is 36.2 Å². The summed E-state index contributed by atoms with van der Waals surface area (Å²) in [5, 5.41) is 3.88. The van der Waals surface area contributed by atoms with Crippen LogP contribution in [0.25, 0.3) is 0 Å². The molecule has 6 heteroatoms. The van der Waals surface area contributed by atoms with Crippen molar-refractivity contribution in [3.05, 3.63) is 58.6 Å². The fourth-order valence-corrected chi connectivity index (χ4v) is 3.44. The highest BCUT2D eigenvalue weighted by atomic mass is 35.5. The highest BCUT2D eigenvalue weighted by Gasteiger charge is 2.27. The maximum Gasteiger partial charge on any atom is 0.254 e. The van der Waals surface area contributed by atoms with Crippen LogP contribution in [-0.4, -0.2) is 44.6 Å². The van der Waals surface area contributed by atoms with Gasteiger partial charge in [0.1, 0.15) is 6.61 Å². The van der Waals surface area contributed by atoms with Crippen molar-refractivity contribution in [2.75, 3.05) is 33.8 Å². The van der Waals surface area contributed by atoms with E-state index in [4.69, 9.17) is 21.1 Å². The first-order valence-electron chi connectivity index (χ1n) is 9.10. The number of ether oxygens (including phenoxy) is 2. The number of amides is 1. The predicted octanol–water partition coefficient (Wildman–Crippen LogP) is 3.61. The van der Waals surface area contributed by atoms with E-state index in [-0.39, 0.29) is 5.91 Å². The minimum Gasteiger partial charge on any atom is -0.493 e. The van der Waals surface area contributed by atoms with Gasteiger partial charge in [-0.05, 0) is 61.8 Å². The number of hydrogen-bond donors (Lipinski definition) is 1. The third-order valence-corrected chi connectivity index (χ3v) is 5.04. The van der Waals surface area contributed by atoms with Gasteiger partial charge in [0.25, 0.3) is 5.91 Å². The summed E-state index contributed by atoms with van der Waals surface area (Å²) < 4.78 is 11.3. The molecule has 1 saturated heterocycles. The number of methoxy groups -OCH3 is 1. The topological polar surface area (TPSA) is 50.8 Å². The van der Waals surface area contributed by atoms with Gasteiger partial charge in [-0.25, -0.2) is 0 Å². The Morgan fingerprint density at radius 1 is 1.22 bits per heavy atom. The molecule has 1 atom stereocenters. The Bertz CT molecular complexity index is 779. The zero-order valence-electron chi connectivity index (χ0n) is 15.7. The number of carbonyl (C=O) groups is 1. The molecular weight excluding hydrogens is 364 g/mol. The maximum atomic E-state index is 12.8. The van der Waals surface area contributed by atoms with E-state index in [0.29, 0.717) is 34.6 Å². The van der Waals surface area contributed by atoms with Crippen molar-refractivity contribution >= 4 is 17.5 Å². The molecule has 3 rings (SSSR count). The molecule has 1 amide bonds. The van der Waals surface area contributed by atoms with Crippen molar-refractivity contribution < 1.29 is 14.3 Å². The lowest BCUT2D eigenvalue weighted by Crippen LogP contribution is -2.30. The van der Waals surface area contributed by atoms with Gasteiger partial charge in [-0.1, -0.05) is 23.7 Å². The van der Waals surface area contributed by atoms with Crippen molar-refractivity contribution in [2.45, 2.75) is 13.0 Å². The minimum absolute atomic E-state index is 0.0381. The summed E-state index contributed by atoms with van der Waals surface area (Å²) in [6.45, 7) is 2.92. The van der Waals surface area contributed by atoms with Gasteiger partial charge >= 0.3 is 0 Å². The lowest BCUT2D eigenvalue weighted by Gasteiger charge is -2.18. The molecule has 1 unspecified atom stereocenters. The van der Waals surface area contributed by atoms with E-state index < -0.39 is 0 Å². The number of rotatable bonds is 7. The van der Waals surface area contributed by atoms with Crippen LogP contribution in [0.1, 0.15) is 22.3 Å². The average molecular weight is 389 g/mol. The molecule has 2 aromatic carbocycles. The Balaban J connectivity index is 1.66. The van der Waals surface area contributed by atoms with Crippen molar-refractivity contribution in [2.24, 2.45) is 5.92 Å². The SMILES string of the molecule is CNCC1CCN(C(=O)c2ccc(OCc3ccc(Cl)cc3)c(OC)c2)C1. The molecule has 27 heavy (non-hydrogen) atoms. The molecule has 1 fully saturated rings. The van der Waals surface area contributed by atoms with E-state index in [2.05, 4.69) is 5.32 Å². The molecule has 1 N–H and O–H groups in total. The van der Waals surface area contributed by atoms with E-state index in [1.54, 1.807) is 25.3 Å². The summed E-state index contributed by atoms with van der Waals surface area (Å²) in [7, 11) is 3.52. The van der Waals surface area contributed by atoms with Gasteiger partial charge in [0.15, 0.2) is 11.5 Å². The Morgan fingerprint density at radius 2 is 2.00 bits per heavy atom. The molecule has 5 nitrogen and oxygen atoms in total. The highest BCUT2D eigenvalue weighted by molar-refractivity contribution is 6.30. The first-order chi connectivity index (χ1) is 13.1. The molecule has 1 heterocycles. The second kappa shape index (κ2) is 9.11. The van der Waals surface area contributed by atoms with Gasteiger partial charge in [0.05, 0.1) is 7.11 Å². The van der Waals surface area contributed by atoms with E-state index in [9.17, 15) is 4.79 Å². The number of likely N-dealkylation sites (tertiary alicyclic amines) is 1. The minimum atomic E-state index is 0.0381. The predicted molar refractivity (Wildman–Crippen MR) is 107 cm³/mol. The smallest absolute Gasteiger partial charge is 0.254 e. The molecule has 0 bridgehead atoms. The number of benzene rings is 2. The van der Waals surface area contributed by atoms with Crippen LogP contribution in [0.4, 0.5) is 0 Å². The normalized spacial score (nSPS) is 16.4. The number of nitrogens with one attached hydrogen (secondary N) is 1. The van der Waals surface area contributed by atoms with Crippen LogP contribution in [-0.2, 0) is 6.61 Å². The van der Waals surface area contributed by atoms with Gasteiger partial charge in [-0.2, -0.15) is 0 Å². The van der Waals surface area contributed by atoms with Gasteiger partial charge in [-0.15, -0.1) is 0 Å². The average Bonchev–Trinajstić information content (AvgIpc) is 3.16. The summed E-state index contributed by atoms with van der Waals surface area (Å²) >= 11 is 5.90. The van der Waals surface area contributed by atoms with Gasteiger partial charge in [0.2, 0.25) is 0 Å². The van der Waals surface area contributed by atoms with E-state index in [1.165, 1.54) is 0 Å². The number of nitrogens with zero attached hydrogens (tertiary/aromatic N) is 1. The quantitative estimate of drug-likeness (QED) is 0.787. The zero-order valence-corrected chi connectivity index (χ0v) is 16.5. The lowest BCUT2D eigenvalue weighted by molar-refractivity contribution is 0.0786. The largest absolute Gasteiger partial charge is 0.493 e. The van der Waals surface area contributed by atoms with Crippen LogP contribution in [0.5, 0.6) is 11.5 Å². The molecule has 1 aliphatic rings. The van der Waals surface area contributed by atoms with Crippen molar-refractivity contribution in [3.8, 4) is 11.5 Å². The summed E-state index contributed by atoms with van der Waals surface area (Å²) in [6.07, 6.45) is 1.03. The Hall–Kier alpha value is -2.24. The number of hydrogen-bond acceptors (Lipinski definition) is 4. The number of carbonyl (C=O) groups excluding carboxylic acids is 1. The molecule has 0 aromatic heterocycles. The summed E-state index contributed by atoms with van der Waals surface area (Å²) in [4.78, 5) is 14.7. The molecule has 0 spiro atoms. The first-order valence-corrected chi connectivity index (χ1v) is 9.47. The van der Waals surface area contributed by atoms with Crippen molar-refractivity contribution in [1.29, 1.82) is 0 Å².